The normalized spacial score (nSPS) is 11.5. The molecule has 2 N–H and O–H groups in total. The van der Waals surface area contributed by atoms with E-state index in [1.807, 2.05) is 0 Å². The van der Waals surface area contributed by atoms with Gasteiger partial charge in [0.25, 0.3) is 0 Å². The highest BCUT2D eigenvalue weighted by atomic mass is 14.7. The van der Waals surface area contributed by atoms with Gasteiger partial charge in [0.1, 0.15) is 0 Å². The summed E-state index contributed by atoms with van der Waals surface area (Å²) in [5, 5.41) is 0. The van der Waals surface area contributed by atoms with Crippen LogP contribution in [0, 0.1) is 0 Å². The number of hydrogen-bond acceptors (Lipinski definition) is 1. The van der Waals surface area contributed by atoms with Crippen molar-refractivity contribution in [2.45, 2.75) is 44.6 Å². The average Bonchev–Trinajstić information content (AvgIpc) is 2.53. The number of nitrogens with two attached hydrogens (primary N) is 1. The van der Waals surface area contributed by atoms with Crippen molar-refractivity contribution in [3.63, 3.8) is 0 Å². The van der Waals surface area contributed by atoms with E-state index in [0.717, 1.165) is 32.1 Å². The molecular weight excluding hydrogens is 242 g/mol. The fourth-order valence-corrected chi connectivity index (χ4v) is 2.55. The molecular formula is C19H25N. The molecule has 0 aromatic heterocycles. The lowest BCUT2D eigenvalue weighted by Gasteiger charge is -2.28. The first-order chi connectivity index (χ1) is 9.72. The Labute approximate surface area is 122 Å². The molecule has 0 saturated carbocycles. The quantitative estimate of drug-likeness (QED) is 0.792. The third-order valence-corrected chi connectivity index (χ3v) is 4.21. The van der Waals surface area contributed by atoms with Crippen molar-refractivity contribution in [1.82, 2.24) is 0 Å². The van der Waals surface area contributed by atoms with Crippen LogP contribution in [0.15, 0.2) is 60.7 Å². The van der Waals surface area contributed by atoms with Crippen LogP contribution in [-0.4, -0.2) is 5.54 Å². The largest absolute Gasteiger partial charge is 0.325 e. The maximum Gasteiger partial charge on any atom is 0.0158 e. The van der Waals surface area contributed by atoms with Gasteiger partial charge in [-0.1, -0.05) is 67.6 Å². The maximum atomic E-state index is 6.59. The van der Waals surface area contributed by atoms with E-state index in [-0.39, 0.29) is 5.54 Å². The Morgan fingerprint density at radius 3 is 1.50 bits per heavy atom. The molecule has 0 aliphatic rings. The molecule has 0 aliphatic heterocycles. The number of aryl methyl sites for hydroxylation is 2. The van der Waals surface area contributed by atoms with Gasteiger partial charge in [0.2, 0.25) is 0 Å². The summed E-state index contributed by atoms with van der Waals surface area (Å²) in [5.41, 5.74) is 9.31. The van der Waals surface area contributed by atoms with Gasteiger partial charge in [-0.3, -0.25) is 0 Å². The van der Waals surface area contributed by atoms with Gasteiger partial charge in [0, 0.05) is 5.54 Å². The Hall–Kier alpha value is -1.60. The van der Waals surface area contributed by atoms with E-state index in [9.17, 15) is 0 Å². The first-order valence-electron chi connectivity index (χ1n) is 7.58. The molecule has 0 heterocycles. The molecule has 0 unspecified atom stereocenters. The topological polar surface area (TPSA) is 26.0 Å². The number of rotatable bonds is 7. The lowest BCUT2D eigenvalue weighted by molar-refractivity contribution is 0.353. The van der Waals surface area contributed by atoms with Gasteiger partial charge in [-0.2, -0.15) is 0 Å². The lowest BCUT2D eigenvalue weighted by Crippen LogP contribution is -2.40. The molecule has 0 aliphatic carbocycles. The van der Waals surface area contributed by atoms with E-state index in [0.29, 0.717) is 0 Å². The molecule has 2 aromatic carbocycles. The van der Waals surface area contributed by atoms with Crippen LogP contribution in [0.2, 0.25) is 0 Å². The summed E-state index contributed by atoms with van der Waals surface area (Å²) in [6, 6.07) is 21.3. The van der Waals surface area contributed by atoms with Crippen molar-refractivity contribution in [2.24, 2.45) is 5.73 Å². The average molecular weight is 267 g/mol. The Bertz CT molecular complexity index is 446. The zero-order valence-electron chi connectivity index (χ0n) is 12.4. The molecule has 106 valence electrons. The van der Waals surface area contributed by atoms with Crippen LogP contribution < -0.4 is 5.73 Å². The molecule has 0 atom stereocenters. The molecule has 1 nitrogen and oxygen atoms in total. The van der Waals surface area contributed by atoms with E-state index in [4.69, 9.17) is 5.73 Å². The molecule has 0 radical (unpaired) electrons. The van der Waals surface area contributed by atoms with E-state index < -0.39 is 0 Å². The lowest BCUT2D eigenvalue weighted by atomic mass is 9.84. The highest BCUT2D eigenvalue weighted by molar-refractivity contribution is 5.17. The van der Waals surface area contributed by atoms with Crippen LogP contribution in [0.4, 0.5) is 0 Å². The first kappa shape index (κ1) is 14.8. The molecule has 0 saturated heterocycles. The van der Waals surface area contributed by atoms with E-state index in [1.165, 1.54) is 11.1 Å². The highest BCUT2D eigenvalue weighted by Crippen LogP contribution is 2.22. The first-order valence-corrected chi connectivity index (χ1v) is 7.58. The third-order valence-electron chi connectivity index (χ3n) is 4.21. The van der Waals surface area contributed by atoms with Crippen LogP contribution in [0.25, 0.3) is 0 Å². The Morgan fingerprint density at radius 1 is 0.750 bits per heavy atom. The summed E-state index contributed by atoms with van der Waals surface area (Å²) < 4.78 is 0. The fraction of sp³-hybridized carbons (Fsp3) is 0.368. The van der Waals surface area contributed by atoms with Gasteiger partial charge in [-0.05, 0) is 43.2 Å². The summed E-state index contributed by atoms with van der Waals surface area (Å²) in [6.45, 7) is 2.20. The van der Waals surface area contributed by atoms with E-state index >= 15 is 0 Å². The minimum atomic E-state index is -0.0499. The van der Waals surface area contributed by atoms with Crippen LogP contribution in [0.5, 0.6) is 0 Å². The van der Waals surface area contributed by atoms with Crippen LogP contribution in [-0.2, 0) is 12.8 Å². The predicted molar refractivity (Wildman–Crippen MR) is 86.7 cm³/mol. The summed E-state index contributed by atoms with van der Waals surface area (Å²) >= 11 is 0. The summed E-state index contributed by atoms with van der Waals surface area (Å²) in [6.07, 6.45) is 5.29. The van der Waals surface area contributed by atoms with Crippen LogP contribution in [0.3, 0.4) is 0 Å². The Balaban J connectivity index is 1.88. The van der Waals surface area contributed by atoms with Gasteiger partial charge in [0.05, 0.1) is 0 Å². The summed E-state index contributed by atoms with van der Waals surface area (Å²) in [4.78, 5) is 0. The smallest absolute Gasteiger partial charge is 0.0158 e. The second kappa shape index (κ2) is 7.25. The number of hydrogen-bond donors (Lipinski definition) is 1. The molecule has 2 rings (SSSR count). The summed E-state index contributed by atoms with van der Waals surface area (Å²) in [7, 11) is 0. The predicted octanol–water partition coefficient (Wildman–Crippen LogP) is 4.36. The zero-order chi connectivity index (χ0) is 14.3. The van der Waals surface area contributed by atoms with Gasteiger partial charge in [-0.15, -0.1) is 0 Å². The van der Waals surface area contributed by atoms with Crippen molar-refractivity contribution in [2.75, 3.05) is 0 Å². The second-order valence-corrected chi connectivity index (χ2v) is 5.69. The Kier molecular flexibility index (Phi) is 5.37. The third kappa shape index (κ3) is 4.50. The SMILES string of the molecule is CCC(N)(CCc1ccccc1)CCc1ccccc1. The number of benzene rings is 2. The fourth-order valence-electron chi connectivity index (χ4n) is 2.55. The molecule has 0 bridgehead atoms. The molecule has 0 fully saturated rings. The van der Waals surface area contributed by atoms with Gasteiger partial charge in [-0.25, -0.2) is 0 Å². The standard InChI is InChI=1S/C19H25N/c1-2-19(20,15-13-17-9-5-3-6-10-17)16-14-18-11-7-4-8-12-18/h3-12H,2,13-16,20H2,1H3. The van der Waals surface area contributed by atoms with Crippen molar-refractivity contribution in [3.8, 4) is 0 Å². The van der Waals surface area contributed by atoms with Crippen LogP contribution >= 0.6 is 0 Å². The van der Waals surface area contributed by atoms with Crippen molar-refractivity contribution in [3.05, 3.63) is 71.8 Å². The van der Waals surface area contributed by atoms with Gasteiger partial charge in [0.15, 0.2) is 0 Å². The van der Waals surface area contributed by atoms with E-state index in [1.54, 1.807) is 0 Å². The van der Waals surface area contributed by atoms with E-state index in [2.05, 4.69) is 67.6 Å². The maximum absolute atomic E-state index is 6.59. The molecule has 20 heavy (non-hydrogen) atoms. The van der Waals surface area contributed by atoms with Crippen molar-refractivity contribution < 1.29 is 0 Å². The van der Waals surface area contributed by atoms with Crippen molar-refractivity contribution >= 4 is 0 Å². The van der Waals surface area contributed by atoms with Gasteiger partial charge < -0.3 is 5.73 Å². The van der Waals surface area contributed by atoms with Gasteiger partial charge >= 0.3 is 0 Å². The molecule has 2 aromatic rings. The minimum Gasteiger partial charge on any atom is -0.325 e. The highest BCUT2D eigenvalue weighted by Gasteiger charge is 2.22. The molecule has 0 spiro atoms. The monoisotopic (exact) mass is 267 g/mol. The summed E-state index contributed by atoms with van der Waals surface area (Å²) in [5.74, 6) is 0. The Morgan fingerprint density at radius 2 is 1.15 bits per heavy atom. The second-order valence-electron chi connectivity index (χ2n) is 5.69. The van der Waals surface area contributed by atoms with Crippen molar-refractivity contribution in [1.29, 1.82) is 0 Å². The minimum absolute atomic E-state index is 0.0499. The zero-order valence-corrected chi connectivity index (χ0v) is 12.4. The van der Waals surface area contributed by atoms with Crippen LogP contribution in [0.1, 0.15) is 37.3 Å². The molecule has 0 amide bonds. The molecule has 1 heteroatoms.